The number of benzene rings is 2. The number of thioether (sulfide) groups is 1. The van der Waals surface area contributed by atoms with Crippen LogP contribution in [0.15, 0.2) is 58.0 Å². The van der Waals surface area contributed by atoms with Crippen LogP contribution in [0.2, 0.25) is 5.02 Å². The number of nitrogens with zero attached hydrogens (tertiary/aromatic N) is 2. The maximum absolute atomic E-state index is 12.0. The second-order valence-corrected chi connectivity index (χ2v) is 6.32. The fourth-order valence-corrected chi connectivity index (χ4v) is 2.77. The third kappa shape index (κ3) is 3.72. The van der Waals surface area contributed by atoms with Gasteiger partial charge in [-0.25, -0.2) is 9.79 Å². The highest BCUT2D eigenvalue weighted by atomic mass is 35.5. The molecule has 0 aromatic heterocycles. The third-order valence-electron chi connectivity index (χ3n) is 3.43. The quantitative estimate of drug-likeness (QED) is 0.262. The fourth-order valence-electron chi connectivity index (χ4n) is 2.18. The zero-order valence-electron chi connectivity index (χ0n) is 12.9. The van der Waals surface area contributed by atoms with Gasteiger partial charge in [-0.1, -0.05) is 23.7 Å². The Morgan fingerprint density at radius 2 is 1.96 bits per heavy atom. The van der Waals surface area contributed by atoms with Gasteiger partial charge in [0.1, 0.15) is 5.02 Å². The Morgan fingerprint density at radius 3 is 2.60 bits per heavy atom. The standard InChI is InChI=1S/C17H11ClN2O4S/c1-25-12-5-2-10(3-6-12)8-14-17(21)24-16(19-14)11-4-7-13(18)15(9-11)20(22)23/h2-9H,1H3/b14-8-. The van der Waals surface area contributed by atoms with Gasteiger partial charge in [0, 0.05) is 16.5 Å². The van der Waals surface area contributed by atoms with E-state index in [0.717, 1.165) is 10.5 Å². The number of nitro benzene ring substituents is 1. The van der Waals surface area contributed by atoms with Crippen LogP contribution in [0.25, 0.3) is 6.08 Å². The number of hydrogen-bond donors (Lipinski definition) is 0. The van der Waals surface area contributed by atoms with Gasteiger partial charge >= 0.3 is 5.97 Å². The van der Waals surface area contributed by atoms with E-state index < -0.39 is 10.9 Å². The molecule has 0 saturated heterocycles. The first kappa shape index (κ1) is 17.2. The molecule has 0 unspecified atom stereocenters. The Bertz CT molecular complexity index is 923. The monoisotopic (exact) mass is 374 g/mol. The average molecular weight is 375 g/mol. The van der Waals surface area contributed by atoms with Crippen molar-refractivity contribution in [3.05, 3.63) is 74.4 Å². The first-order valence-electron chi connectivity index (χ1n) is 7.09. The van der Waals surface area contributed by atoms with Gasteiger partial charge in [0.15, 0.2) is 5.70 Å². The summed E-state index contributed by atoms with van der Waals surface area (Å²) in [5.41, 5.74) is 0.968. The molecule has 2 aromatic rings. The van der Waals surface area contributed by atoms with Crippen LogP contribution in [-0.4, -0.2) is 23.0 Å². The van der Waals surface area contributed by atoms with Crippen LogP contribution in [0, 0.1) is 10.1 Å². The number of hydrogen-bond acceptors (Lipinski definition) is 6. The minimum atomic E-state index is -0.610. The molecule has 6 nitrogen and oxygen atoms in total. The number of esters is 1. The minimum absolute atomic E-state index is 0.00308. The largest absolute Gasteiger partial charge is 0.402 e. The van der Waals surface area contributed by atoms with E-state index in [1.165, 1.54) is 18.2 Å². The van der Waals surface area contributed by atoms with E-state index in [2.05, 4.69) is 4.99 Å². The summed E-state index contributed by atoms with van der Waals surface area (Å²) in [4.78, 5) is 27.6. The van der Waals surface area contributed by atoms with Crippen molar-refractivity contribution in [3.63, 3.8) is 0 Å². The molecule has 1 aliphatic heterocycles. The molecule has 0 aliphatic carbocycles. The van der Waals surface area contributed by atoms with Crippen molar-refractivity contribution in [1.82, 2.24) is 0 Å². The molecule has 25 heavy (non-hydrogen) atoms. The van der Waals surface area contributed by atoms with Crippen molar-refractivity contribution in [3.8, 4) is 0 Å². The van der Waals surface area contributed by atoms with E-state index >= 15 is 0 Å². The number of aliphatic imine (C=N–C) groups is 1. The van der Waals surface area contributed by atoms with Crippen LogP contribution < -0.4 is 0 Å². The summed E-state index contributed by atoms with van der Waals surface area (Å²) >= 11 is 7.40. The SMILES string of the molecule is CSc1ccc(/C=C2\N=C(c3ccc(Cl)c([N+](=O)[O-])c3)OC2=O)cc1. The summed E-state index contributed by atoms with van der Waals surface area (Å²) in [6.45, 7) is 0. The summed E-state index contributed by atoms with van der Waals surface area (Å²) in [7, 11) is 0. The molecule has 0 saturated carbocycles. The van der Waals surface area contributed by atoms with E-state index in [4.69, 9.17) is 16.3 Å². The highest BCUT2D eigenvalue weighted by Gasteiger charge is 2.26. The van der Waals surface area contributed by atoms with Crippen molar-refractivity contribution in [2.24, 2.45) is 4.99 Å². The third-order valence-corrected chi connectivity index (χ3v) is 4.49. The van der Waals surface area contributed by atoms with Crippen LogP contribution >= 0.6 is 23.4 Å². The van der Waals surface area contributed by atoms with Crippen LogP contribution in [-0.2, 0) is 9.53 Å². The van der Waals surface area contributed by atoms with E-state index in [9.17, 15) is 14.9 Å². The molecule has 1 aliphatic rings. The van der Waals surface area contributed by atoms with Crippen molar-refractivity contribution >= 4 is 47.0 Å². The number of rotatable bonds is 4. The number of nitro groups is 1. The van der Waals surface area contributed by atoms with E-state index in [1.807, 2.05) is 30.5 Å². The molecule has 3 rings (SSSR count). The van der Waals surface area contributed by atoms with Gasteiger partial charge in [-0.05, 0) is 42.2 Å². The smallest absolute Gasteiger partial charge is 0.363 e. The highest BCUT2D eigenvalue weighted by molar-refractivity contribution is 7.98. The summed E-state index contributed by atoms with van der Waals surface area (Å²) in [5, 5.41) is 11.0. The highest BCUT2D eigenvalue weighted by Crippen LogP contribution is 2.27. The average Bonchev–Trinajstić information content (AvgIpc) is 2.96. The second kappa shape index (κ2) is 7.08. The van der Waals surface area contributed by atoms with Gasteiger partial charge < -0.3 is 4.74 Å². The topological polar surface area (TPSA) is 81.8 Å². The predicted octanol–water partition coefficient (Wildman–Crippen LogP) is 4.31. The molecule has 0 amide bonds. The van der Waals surface area contributed by atoms with Gasteiger partial charge in [-0.3, -0.25) is 10.1 Å². The van der Waals surface area contributed by atoms with Crippen molar-refractivity contribution in [2.45, 2.75) is 4.90 Å². The number of carbonyl (C=O) groups excluding carboxylic acids is 1. The van der Waals surface area contributed by atoms with Gasteiger partial charge in [-0.15, -0.1) is 11.8 Å². The lowest BCUT2D eigenvalue weighted by molar-refractivity contribution is -0.384. The van der Waals surface area contributed by atoms with Crippen LogP contribution in [0.4, 0.5) is 5.69 Å². The zero-order valence-corrected chi connectivity index (χ0v) is 14.5. The maximum atomic E-state index is 12.0. The normalized spacial score (nSPS) is 15.2. The molecule has 0 radical (unpaired) electrons. The number of halogens is 1. The summed E-state index contributed by atoms with van der Waals surface area (Å²) in [5.74, 6) is -0.599. The Hall–Kier alpha value is -2.64. The van der Waals surface area contributed by atoms with E-state index in [-0.39, 0.29) is 22.3 Å². The first-order valence-corrected chi connectivity index (χ1v) is 8.69. The Labute approximate surface area is 152 Å². The lowest BCUT2D eigenvalue weighted by Gasteiger charge is -2.00. The van der Waals surface area contributed by atoms with Crippen LogP contribution in [0.1, 0.15) is 11.1 Å². The first-order chi connectivity index (χ1) is 12.0. The van der Waals surface area contributed by atoms with Crippen molar-refractivity contribution in [2.75, 3.05) is 6.26 Å². The molecule has 0 fully saturated rings. The lowest BCUT2D eigenvalue weighted by atomic mass is 10.2. The molecule has 8 heteroatoms. The molecule has 126 valence electrons. The Morgan fingerprint density at radius 1 is 1.24 bits per heavy atom. The Kier molecular flexibility index (Phi) is 4.87. The molecule has 2 aromatic carbocycles. The lowest BCUT2D eigenvalue weighted by Crippen LogP contribution is -2.06. The predicted molar refractivity (Wildman–Crippen MR) is 96.9 cm³/mol. The Balaban J connectivity index is 1.93. The van der Waals surface area contributed by atoms with Gasteiger partial charge in [0.05, 0.1) is 4.92 Å². The molecule has 1 heterocycles. The van der Waals surface area contributed by atoms with E-state index in [0.29, 0.717) is 5.56 Å². The number of cyclic esters (lactones) is 1. The van der Waals surface area contributed by atoms with Crippen LogP contribution in [0.5, 0.6) is 0 Å². The minimum Gasteiger partial charge on any atom is -0.402 e. The molecule has 0 spiro atoms. The molecular weight excluding hydrogens is 364 g/mol. The second-order valence-electron chi connectivity index (χ2n) is 5.03. The van der Waals surface area contributed by atoms with Crippen molar-refractivity contribution in [1.29, 1.82) is 0 Å². The van der Waals surface area contributed by atoms with Gasteiger partial charge in [0.2, 0.25) is 5.90 Å². The molecule has 0 bridgehead atoms. The summed E-state index contributed by atoms with van der Waals surface area (Å²) < 4.78 is 5.12. The molecular formula is C17H11ClN2O4S. The summed E-state index contributed by atoms with van der Waals surface area (Å²) in [6.07, 6.45) is 3.58. The van der Waals surface area contributed by atoms with Gasteiger partial charge in [-0.2, -0.15) is 0 Å². The van der Waals surface area contributed by atoms with E-state index in [1.54, 1.807) is 17.8 Å². The van der Waals surface area contributed by atoms with Crippen molar-refractivity contribution < 1.29 is 14.5 Å². The maximum Gasteiger partial charge on any atom is 0.363 e. The number of carbonyl (C=O) groups is 1. The molecule has 0 atom stereocenters. The summed E-state index contributed by atoms with van der Waals surface area (Å²) in [6, 6.07) is 11.7. The zero-order chi connectivity index (χ0) is 18.0. The van der Waals surface area contributed by atoms with Crippen LogP contribution in [0.3, 0.4) is 0 Å². The molecule has 0 N–H and O–H groups in total. The van der Waals surface area contributed by atoms with Gasteiger partial charge in [0.25, 0.3) is 5.69 Å². The number of ether oxygens (including phenoxy) is 1. The fraction of sp³-hybridized carbons (Fsp3) is 0.0588.